The summed E-state index contributed by atoms with van der Waals surface area (Å²) in [5, 5.41) is 12.1. The van der Waals surface area contributed by atoms with Gasteiger partial charge >= 0.3 is 0 Å². The predicted molar refractivity (Wildman–Crippen MR) is 99.4 cm³/mol. The molecule has 0 bridgehead atoms. The van der Waals surface area contributed by atoms with Gasteiger partial charge in [0, 0.05) is 18.5 Å². The van der Waals surface area contributed by atoms with E-state index in [0.29, 0.717) is 13.2 Å². The molecule has 0 amide bonds. The average Bonchev–Trinajstić information content (AvgIpc) is 3.31. The van der Waals surface area contributed by atoms with Crippen molar-refractivity contribution in [1.82, 2.24) is 19.6 Å². The Morgan fingerprint density at radius 2 is 2.00 bits per heavy atom. The first kappa shape index (κ1) is 14.8. The number of benzene rings is 1. The van der Waals surface area contributed by atoms with Crippen molar-refractivity contribution in [2.24, 2.45) is 0 Å². The van der Waals surface area contributed by atoms with Crippen LogP contribution in [0.25, 0.3) is 27.3 Å². The Kier molecular flexibility index (Phi) is 3.43. The van der Waals surface area contributed by atoms with Gasteiger partial charge in [-0.15, -0.1) is 21.5 Å². The minimum atomic E-state index is 0.714. The fraction of sp³-hybridized carbons (Fsp3) is 0.278. The van der Waals surface area contributed by atoms with Crippen molar-refractivity contribution in [3.63, 3.8) is 0 Å². The van der Waals surface area contributed by atoms with Crippen molar-refractivity contribution < 1.29 is 4.74 Å². The Bertz CT molecular complexity index is 1050. The SMILES string of the molecule is Cc1ccc2nc(N3CCOCC3)n3c(-c4cccs4)nnc3c2c1. The highest BCUT2D eigenvalue weighted by atomic mass is 32.1. The Morgan fingerprint density at radius 1 is 1.12 bits per heavy atom. The molecular weight excluding hydrogens is 334 g/mol. The lowest BCUT2D eigenvalue weighted by Crippen LogP contribution is -2.38. The van der Waals surface area contributed by atoms with Gasteiger partial charge in [-0.25, -0.2) is 9.38 Å². The molecule has 4 heterocycles. The van der Waals surface area contributed by atoms with Gasteiger partial charge in [0.15, 0.2) is 11.5 Å². The van der Waals surface area contributed by atoms with Crippen LogP contribution in [-0.2, 0) is 4.74 Å². The van der Waals surface area contributed by atoms with Crippen LogP contribution in [0.5, 0.6) is 0 Å². The van der Waals surface area contributed by atoms with Gasteiger partial charge in [0.05, 0.1) is 23.6 Å². The van der Waals surface area contributed by atoms with E-state index >= 15 is 0 Å². The molecule has 25 heavy (non-hydrogen) atoms. The van der Waals surface area contributed by atoms with Crippen LogP contribution in [0.4, 0.5) is 5.95 Å². The Hall–Kier alpha value is -2.51. The molecule has 0 aliphatic carbocycles. The summed E-state index contributed by atoms with van der Waals surface area (Å²) in [4.78, 5) is 8.32. The average molecular weight is 351 g/mol. The number of thiophene rings is 1. The van der Waals surface area contributed by atoms with Crippen molar-refractivity contribution in [3.8, 4) is 10.7 Å². The van der Waals surface area contributed by atoms with Gasteiger partial charge < -0.3 is 9.64 Å². The molecule has 0 unspecified atom stereocenters. The van der Waals surface area contributed by atoms with E-state index in [0.717, 1.165) is 46.3 Å². The van der Waals surface area contributed by atoms with Gasteiger partial charge in [0.25, 0.3) is 0 Å². The second-order valence-electron chi connectivity index (χ2n) is 6.19. The quantitative estimate of drug-likeness (QED) is 0.555. The highest BCUT2D eigenvalue weighted by Crippen LogP contribution is 2.31. The molecule has 4 aromatic rings. The van der Waals surface area contributed by atoms with E-state index in [2.05, 4.69) is 56.1 Å². The molecule has 6 nitrogen and oxygen atoms in total. The Morgan fingerprint density at radius 3 is 2.80 bits per heavy atom. The highest BCUT2D eigenvalue weighted by molar-refractivity contribution is 7.13. The number of anilines is 1. The zero-order chi connectivity index (χ0) is 16.8. The summed E-state index contributed by atoms with van der Waals surface area (Å²) in [6.07, 6.45) is 0. The second-order valence-corrected chi connectivity index (χ2v) is 7.14. The topological polar surface area (TPSA) is 55.6 Å². The standard InChI is InChI=1S/C18H17N5OS/c1-12-4-5-14-13(11-12)16-20-21-17(15-3-2-10-25-15)23(16)18(19-14)22-6-8-24-9-7-22/h2-5,10-11H,6-9H2,1H3. The molecular formula is C18H17N5OS. The number of rotatable bonds is 2. The smallest absolute Gasteiger partial charge is 0.213 e. The molecule has 0 atom stereocenters. The van der Waals surface area contributed by atoms with Gasteiger partial charge in [-0.1, -0.05) is 17.7 Å². The first-order chi connectivity index (χ1) is 12.3. The molecule has 1 fully saturated rings. The number of hydrogen-bond acceptors (Lipinski definition) is 6. The molecule has 1 aromatic carbocycles. The van der Waals surface area contributed by atoms with Crippen LogP contribution in [0, 0.1) is 6.92 Å². The fourth-order valence-electron chi connectivity index (χ4n) is 3.27. The zero-order valence-corrected chi connectivity index (χ0v) is 14.7. The lowest BCUT2D eigenvalue weighted by atomic mass is 10.1. The maximum absolute atomic E-state index is 5.51. The van der Waals surface area contributed by atoms with Crippen LogP contribution in [0.2, 0.25) is 0 Å². The minimum Gasteiger partial charge on any atom is -0.378 e. The molecule has 5 rings (SSSR count). The van der Waals surface area contributed by atoms with Gasteiger partial charge in [-0.2, -0.15) is 0 Å². The van der Waals surface area contributed by atoms with E-state index in [1.807, 2.05) is 6.07 Å². The van der Waals surface area contributed by atoms with E-state index in [1.54, 1.807) is 11.3 Å². The summed E-state index contributed by atoms with van der Waals surface area (Å²) in [6.45, 7) is 5.16. The van der Waals surface area contributed by atoms with Crippen LogP contribution in [-0.4, -0.2) is 45.9 Å². The third-order valence-corrected chi connectivity index (χ3v) is 5.38. The lowest BCUT2D eigenvalue weighted by molar-refractivity contribution is 0.122. The van der Waals surface area contributed by atoms with Gasteiger partial charge in [-0.3, -0.25) is 0 Å². The highest BCUT2D eigenvalue weighted by Gasteiger charge is 2.22. The fourth-order valence-corrected chi connectivity index (χ4v) is 3.97. The van der Waals surface area contributed by atoms with Crippen LogP contribution < -0.4 is 4.90 Å². The maximum Gasteiger partial charge on any atom is 0.213 e. The van der Waals surface area contributed by atoms with Crippen LogP contribution in [0.1, 0.15) is 5.56 Å². The lowest BCUT2D eigenvalue weighted by Gasteiger charge is -2.28. The van der Waals surface area contributed by atoms with Crippen LogP contribution in [0.15, 0.2) is 35.7 Å². The molecule has 126 valence electrons. The Labute approximate surface area is 148 Å². The van der Waals surface area contributed by atoms with E-state index in [-0.39, 0.29) is 0 Å². The zero-order valence-electron chi connectivity index (χ0n) is 13.8. The summed E-state index contributed by atoms with van der Waals surface area (Å²) in [5.74, 6) is 1.74. The van der Waals surface area contributed by atoms with Crippen molar-refractivity contribution >= 4 is 33.8 Å². The molecule has 0 saturated carbocycles. The largest absolute Gasteiger partial charge is 0.378 e. The van der Waals surface area contributed by atoms with E-state index < -0.39 is 0 Å². The number of hydrogen-bond donors (Lipinski definition) is 0. The monoisotopic (exact) mass is 351 g/mol. The second kappa shape index (κ2) is 5.79. The van der Waals surface area contributed by atoms with Gasteiger partial charge in [0.2, 0.25) is 5.95 Å². The number of nitrogens with zero attached hydrogens (tertiary/aromatic N) is 5. The normalized spacial score (nSPS) is 15.3. The Balaban J connectivity index is 1.85. The number of aryl methyl sites for hydroxylation is 1. The molecule has 1 aliphatic heterocycles. The summed E-state index contributed by atoms with van der Waals surface area (Å²) in [7, 11) is 0. The van der Waals surface area contributed by atoms with Crippen LogP contribution >= 0.6 is 11.3 Å². The maximum atomic E-state index is 5.51. The molecule has 7 heteroatoms. The third kappa shape index (κ3) is 2.39. The first-order valence-electron chi connectivity index (χ1n) is 8.33. The van der Waals surface area contributed by atoms with Crippen molar-refractivity contribution in [1.29, 1.82) is 0 Å². The first-order valence-corrected chi connectivity index (χ1v) is 9.21. The molecule has 0 spiro atoms. The molecule has 1 aliphatic rings. The summed E-state index contributed by atoms with van der Waals surface area (Å²) < 4.78 is 7.61. The summed E-state index contributed by atoms with van der Waals surface area (Å²) in [5.41, 5.74) is 3.00. The molecule has 1 saturated heterocycles. The number of aromatic nitrogens is 4. The van der Waals surface area contributed by atoms with Gasteiger partial charge in [-0.05, 0) is 30.5 Å². The van der Waals surface area contributed by atoms with Crippen molar-refractivity contribution in [2.45, 2.75) is 6.92 Å². The van der Waals surface area contributed by atoms with Crippen molar-refractivity contribution in [3.05, 3.63) is 41.3 Å². The molecule has 0 N–H and O–H groups in total. The predicted octanol–water partition coefficient (Wildman–Crippen LogP) is 3.15. The molecule has 3 aromatic heterocycles. The van der Waals surface area contributed by atoms with Crippen molar-refractivity contribution in [2.75, 3.05) is 31.2 Å². The van der Waals surface area contributed by atoms with Crippen LogP contribution in [0.3, 0.4) is 0 Å². The van der Waals surface area contributed by atoms with E-state index in [9.17, 15) is 0 Å². The third-order valence-electron chi connectivity index (χ3n) is 4.51. The molecule has 0 radical (unpaired) electrons. The number of fused-ring (bicyclic) bond motifs is 3. The number of morpholine rings is 1. The minimum absolute atomic E-state index is 0.714. The van der Waals surface area contributed by atoms with E-state index in [4.69, 9.17) is 9.72 Å². The summed E-state index contributed by atoms with van der Waals surface area (Å²) >= 11 is 1.67. The number of ether oxygens (including phenoxy) is 1. The summed E-state index contributed by atoms with van der Waals surface area (Å²) in [6, 6.07) is 10.4. The van der Waals surface area contributed by atoms with Gasteiger partial charge in [0.1, 0.15) is 0 Å². The van der Waals surface area contributed by atoms with E-state index in [1.165, 1.54) is 5.56 Å².